The molecule has 4 heterocycles. The molecule has 2 atom stereocenters. The van der Waals surface area contributed by atoms with Gasteiger partial charge in [-0.15, -0.1) is 0 Å². The standard InChI is InChI=1S/C24H28N4O5/c29-22(11-20-18-3-1-2-4-19(18)21-12-25-15-28(20)21)16-5-8-26(9-6-16)23(30)14-33-17-7-10-27(13-17)24(31)32/h1-4,12,15-17,20H,5-11,13-14H2,(H,31,32). The van der Waals surface area contributed by atoms with Gasteiger partial charge in [0.05, 0.1) is 36.9 Å². The minimum atomic E-state index is -0.954. The number of rotatable bonds is 6. The summed E-state index contributed by atoms with van der Waals surface area (Å²) in [5.41, 5.74) is 3.36. The predicted octanol–water partition coefficient (Wildman–Crippen LogP) is 2.42. The minimum absolute atomic E-state index is 0.0176. The average molecular weight is 453 g/mol. The van der Waals surface area contributed by atoms with Crippen LogP contribution in [0.1, 0.15) is 37.3 Å². The molecule has 0 spiro atoms. The van der Waals surface area contributed by atoms with E-state index in [1.54, 1.807) is 11.2 Å². The van der Waals surface area contributed by atoms with Crippen molar-refractivity contribution >= 4 is 17.8 Å². The molecule has 0 radical (unpaired) electrons. The van der Waals surface area contributed by atoms with Gasteiger partial charge in [-0.1, -0.05) is 24.3 Å². The molecule has 3 aliphatic rings. The minimum Gasteiger partial charge on any atom is -0.465 e. The molecule has 2 saturated heterocycles. The molecular weight excluding hydrogens is 424 g/mol. The van der Waals surface area contributed by atoms with Crippen LogP contribution >= 0.6 is 0 Å². The number of hydrogen-bond donors (Lipinski definition) is 1. The molecule has 1 aromatic heterocycles. The number of amides is 2. The quantitative estimate of drug-likeness (QED) is 0.722. The Labute approximate surface area is 191 Å². The lowest BCUT2D eigenvalue weighted by Gasteiger charge is -2.32. The molecule has 0 aliphatic carbocycles. The highest BCUT2D eigenvalue weighted by molar-refractivity contribution is 5.84. The van der Waals surface area contributed by atoms with Gasteiger partial charge in [-0.25, -0.2) is 9.78 Å². The van der Waals surface area contributed by atoms with Crippen LogP contribution in [0.25, 0.3) is 11.3 Å². The maximum absolute atomic E-state index is 13.1. The van der Waals surface area contributed by atoms with E-state index in [1.165, 1.54) is 10.5 Å². The number of carbonyl (C=O) groups excluding carboxylic acids is 2. The van der Waals surface area contributed by atoms with Crippen molar-refractivity contribution in [2.24, 2.45) is 5.92 Å². The number of fused-ring (bicyclic) bond motifs is 3. The SMILES string of the molecule is O=C(CC1c2ccccc2-c2cncn21)C1CCN(C(=O)COC2CCN(C(=O)O)C2)CC1. The third-order valence-corrected chi connectivity index (χ3v) is 7.15. The van der Waals surface area contributed by atoms with Crippen molar-refractivity contribution in [3.63, 3.8) is 0 Å². The summed E-state index contributed by atoms with van der Waals surface area (Å²) in [6.07, 6.45) is 4.83. The third-order valence-electron chi connectivity index (χ3n) is 7.15. The first-order valence-electron chi connectivity index (χ1n) is 11.5. The topological polar surface area (TPSA) is 105 Å². The Bertz CT molecular complexity index is 1060. The number of ether oxygens (including phenoxy) is 1. The summed E-state index contributed by atoms with van der Waals surface area (Å²) in [6.45, 7) is 1.79. The number of benzene rings is 1. The average Bonchev–Trinajstić information content (AvgIpc) is 3.56. The number of imidazole rings is 1. The number of carboxylic acid groups (broad SMARTS) is 1. The van der Waals surface area contributed by atoms with Crippen molar-refractivity contribution < 1.29 is 24.2 Å². The Morgan fingerprint density at radius 1 is 1.06 bits per heavy atom. The molecule has 33 heavy (non-hydrogen) atoms. The maximum Gasteiger partial charge on any atom is 0.407 e. The number of ketones is 1. The second-order valence-electron chi connectivity index (χ2n) is 9.06. The van der Waals surface area contributed by atoms with Crippen LogP contribution in [0.2, 0.25) is 0 Å². The molecule has 1 aromatic carbocycles. The fourth-order valence-electron chi connectivity index (χ4n) is 5.27. The molecule has 3 aliphatic heterocycles. The highest BCUT2D eigenvalue weighted by atomic mass is 16.5. The largest absolute Gasteiger partial charge is 0.465 e. The summed E-state index contributed by atoms with van der Waals surface area (Å²) in [5, 5.41) is 9.02. The summed E-state index contributed by atoms with van der Waals surface area (Å²) >= 11 is 0. The van der Waals surface area contributed by atoms with Crippen LogP contribution in [-0.4, -0.2) is 81.1 Å². The molecule has 0 saturated carbocycles. The molecule has 2 aromatic rings. The van der Waals surface area contributed by atoms with Crippen molar-refractivity contribution in [3.8, 4) is 11.3 Å². The monoisotopic (exact) mass is 452 g/mol. The molecule has 0 bridgehead atoms. The Morgan fingerprint density at radius 3 is 2.58 bits per heavy atom. The number of Topliss-reactive ketones (excluding diaryl/α,β-unsaturated/α-hetero) is 1. The van der Waals surface area contributed by atoms with Gasteiger partial charge in [0, 0.05) is 37.5 Å². The van der Waals surface area contributed by atoms with E-state index in [1.807, 2.05) is 18.3 Å². The zero-order valence-corrected chi connectivity index (χ0v) is 18.4. The highest BCUT2D eigenvalue weighted by Crippen LogP contribution is 2.41. The van der Waals surface area contributed by atoms with E-state index in [0.29, 0.717) is 51.9 Å². The van der Waals surface area contributed by atoms with E-state index in [4.69, 9.17) is 9.84 Å². The predicted molar refractivity (Wildman–Crippen MR) is 119 cm³/mol. The van der Waals surface area contributed by atoms with Crippen LogP contribution < -0.4 is 0 Å². The number of hydrogen-bond acceptors (Lipinski definition) is 5. The summed E-state index contributed by atoms with van der Waals surface area (Å²) < 4.78 is 7.74. The van der Waals surface area contributed by atoms with Crippen molar-refractivity contribution in [2.75, 3.05) is 32.8 Å². The Kier molecular flexibility index (Phi) is 5.88. The van der Waals surface area contributed by atoms with E-state index in [-0.39, 0.29) is 36.4 Å². The number of likely N-dealkylation sites (tertiary alicyclic amines) is 2. The molecule has 5 rings (SSSR count). The van der Waals surface area contributed by atoms with E-state index >= 15 is 0 Å². The normalized spacial score (nSPS) is 22.3. The van der Waals surface area contributed by atoms with Crippen LogP contribution in [0.4, 0.5) is 4.79 Å². The van der Waals surface area contributed by atoms with Gasteiger partial charge in [0.2, 0.25) is 5.91 Å². The molecule has 2 fully saturated rings. The van der Waals surface area contributed by atoms with E-state index < -0.39 is 6.09 Å². The summed E-state index contributed by atoms with van der Waals surface area (Å²) in [5.74, 6) is 0.0931. The number of nitrogens with zero attached hydrogens (tertiary/aromatic N) is 4. The molecule has 1 N–H and O–H groups in total. The Morgan fingerprint density at radius 2 is 1.82 bits per heavy atom. The van der Waals surface area contributed by atoms with Crippen LogP contribution in [0.15, 0.2) is 36.8 Å². The molecular formula is C24H28N4O5. The molecule has 174 valence electrons. The van der Waals surface area contributed by atoms with E-state index in [2.05, 4.69) is 21.7 Å². The van der Waals surface area contributed by atoms with Gasteiger partial charge >= 0.3 is 6.09 Å². The van der Waals surface area contributed by atoms with Crippen LogP contribution in [-0.2, 0) is 14.3 Å². The van der Waals surface area contributed by atoms with Crippen LogP contribution in [0.3, 0.4) is 0 Å². The van der Waals surface area contributed by atoms with Crippen molar-refractivity contribution in [3.05, 3.63) is 42.4 Å². The lowest BCUT2D eigenvalue weighted by molar-refractivity contribution is -0.140. The van der Waals surface area contributed by atoms with Gasteiger partial charge < -0.3 is 24.2 Å². The second-order valence-corrected chi connectivity index (χ2v) is 9.06. The van der Waals surface area contributed by atoms with Crippen LogP contribution in [0, 0.1) is 5.92 Å². The first-order chi connectivity index (χ1) is 16.0. The molecule has 9 heteroatoms. The first-order valence-corrected chi connectivity index (χ1v) is 11.5. The number of piperidine rings is 1. The summed E-state index contributed by atoms with van der Waals surface area (Å²) in [6, 6.07) is 8.15. The van der Waals surface area contributed by atoms with Gasteiger partial charge in [-0.3, -0.25) is 9.59 Å². The zero-order valence-electron chi connectivity index (χ0n) is 18.4. The van der Waals surface area contributed by atoms with E-state index in [9.17, 15) is 14.4 Å². The fraction of sp³-hybridized carbons (Fsp3) is 0.500. The fourth-order valence-corrected chi connectivity index (χ4v) is 5.27. The Hall–Kier alpha value is -3.20. The van der Waals surface area contributed by atoms with Crippen molar-refractivity contribution in [1.29, 1.82) is 0 Å². The molecule has 2 amide bonds. The van der Waals surface area contributed by atoms with Gasteiger partial charge in [0.15, 0.2) is 0 Å². The van der Waals surface area contributed by atoms with Gasteiger partial charge in [-0.05, 0) is 24.8 Å². The summed E-state index contributed by atoms with van der Waals surface area (Å²) in [7, 11) is 0. The zero-order chi connectivity index (χ0) is 22.9. The lowest BCUT2D eigenvalue weighted by Crippen LogP contribution is -2.42. The second kappa shape index (κ2) is 8.97. The highest BCUT2D eigenvalue weighted by Gasteiger charge is 2.34. The van der Waals surface area contributed by atoms with Gasteiger partial charge in [0.25, 0.3) is 0 Å². The van der Waals surface area contributed by atoms with Gasteiger partial charge in [-0.2, -0.15) is 0 Å². The number of carbonyl (C=O) groups is 3. The van der Waals surface area contributed by atoms with Crippen molar-refractivity contribution in [1.82, 2.24) is 19.4 Å². The molecule has 9 nitrogen and oxygen atoms in total. The first kappa shape index (κ1) is 21.6. The third kappa shape index (κ3) is 4.25. The molecule has 2 unspecified atom stereocenters. The summed E-state index contributed by atoms with van der Waals surface area (Å²) in [4.78, 5) is 44.0. The Balaban J connectivity index is 1.11. The van der Waals surface area contributed by atoms with E-state index in [0.717, 1.165) is 11.3 Å². The number of aromatic nitrogens is 2. The lowest BCUT2D eigenvalue weighted by atomic mass is 9.87. The van der Waals surface area contributed by atoms with Gasteiger partial charge in [0.1, 0.15) is 12.4 Å². The smallest absolute Gasteiger partial charge is 0.407 e. The maximum atomic E-state index is 13.1. The van der Waals surface area contributed by atoms with Crippen LogP contribution in [0.5, 0.6) is 0 Å². The van der Waals surface area contributed by atoms with Crippen molar-refractivity contribution in [2.45, 2.75) is 37.8 Å².